The highest BCUT2D eigenvalue weighted by Gasteiger charge is 2.32. The van der Waals surface area contributed by atoms with Crippen LogP contribution in [0.25, 0.3) is 0 Å². The van der Waals surface area contributed by atoms with Gasteiger partial charge in [0.25, 0.3) is 5.91 Å². The first kappa shape index (κ1) is 15.3. The first-order valence-corrected chi connectivity index (χ1v) is 7.74. The van der Waals surface area contributed by atoms with Gasteiger partial charge in [-0.15, -0.1) is 0 Å². The van der Waals surface area contributed by atoms with E-state index in [1.807, 2.05) is 0 Å². The number of benzene rings is 1. The molecule has 0 unspecified atom stereocenters. The van der Waals surface area contributed by atoms with Crippen LogP contribution in [0, 0.1) is 5.92 Å². The third-order valence-electron chi connectivity index (χ3n) is 4.04. The van der Waals surface area contributed by atoms with E-state index in [9.17, 15) is 9.90 Å². The van der Waals surface area contributed by atoms with Crippen molar-refractivity contribution in [1.29, 1.82) is 0 Å². The van der Waals surface area contributed by atoms with Crippen LogP contribution in [0.1, 0.15) is 43.0 Å². The molecular weight excluding hydrogens is 320 g/mol. The van der Waals surface area contributed by atoms with Crippen LogP contribution in [0.5, 0.6) is 0 Å². The van der Waals surface area contributed by atoms with Gasteiger partial charge in [0.2, 0.25) is 0 Å². The van der Waals surface area contributed by atoms with Crippen molar-refractivity contribution in [3.63, 3.8) is 0 Å². The van der Waals surface area contributed by atoms with Gasteiger partial charge in [-0.3, -0.25) is 4.79 Å². The summed E-state index contributed by atoms with van der Waals surface area (Å²) in [6.07, 6.45) is 3.49. The number of nitrogen functional groups attached to an aromatic ring is 1. The van der Waals surface area contributed by atoms with E-state index in [-0.39, 0.29) is 12.5 Å². The van der Waals surface area contributed by atoms with Crippen LogP contribution < -0.4 is 11.1 Å². The normalized spacial score (nSPS) is 26.2. The van der Waals surface area contributed by atoms with Crippen LogP contribution in [-0.2, 0) is 0 Å². The molecule has 1 saturated carbocycles. The number of nitrogens with one attached hydrogen (secondary N) is 1. The molecule has 0 aliphatic heterocycles. The number of rotatable bonds is 3. The second-order valence-corrected chi connectivity index (χ2v) is 6.74. The molecule has 0 atom stereocenters. The summed E-state index contributed by atoms with van der Waals surface area (Å²) in [5.41, 5.74) is 5.93. The maximum absolute atomic E-state index is 12.1. The molecular formula is C15H21BrN2O2. The van der Waals surface area contributed by atoms with Crippen LogP contribution in [0.4, 0.5) is 5.69 Å². The highest BCUT2D eigenvalue weighted by molar-refractivity contribution is 9.10. The van der Waals surface area contributed by atoms with Crippen LogP contribution >= 0.6 is 15.9 Å². The van der Waals surface area contributed by atoms with Gasteiger partial charge in [0.15, 0.2) is 0 Å². The summed E-state index contributed by atoms with van der Waals surface area (Å²) in [5.74, 6) is 0.426. The highest BCUT2D eigenvalue weighted by Crippen LogP contribution is 2.31. The van der Waals surface area contributed by atoms with E-state index in [1.165, 1.54) is 0 Å². The Balaban J connectivity index is 1.95. The number of aliphatic hydroxyl groups is 1. The minimum Gasteiger partial charge on any atom is -0.398 e. The van der Waals surface area contributed by atoms with Crippen molar-refractivity contribution in [2.24, 2.45) is 5.92 Å². The Morgan fingerprint density at radius 3 is 2.75 bits per heavy atom. The maximum Gasteiger partial charge on any atom is 0.253 e. The summed E-state index contributed by atoms with van der Waals surface area (Å²) in [4.78, 5) is 12.1. The molecule has 0 saturated heterocycles. The quantitative estimate of drug-likeness (QED) is 0.740. The van der Waals surface area contributed by atoms with Gasteiger partial charge in [0, 0.05) is 16.7 Å². The van der Waals surface area contributed by atoms with Gasteiger partial charge < -0.3 is 16.2 Å². The number of carbonyl (C=O) groups is 1. The Hall–Kier alpha value is -1.07. The van der Waals surface area contributed by atoms with Crippen LogP contribution in [-0.4, -0.2) is 23.2 Å². The molecule has 0 aromatic heterocycles. The SMILES string of the molecule is CC1CCC(O)(CNC(=O)c2ccc(Br)cc2N)CC1. The van der Waals surface area contributed by atoms with Crippen molar-refractivity contribution in [3.8, 4) is 0 Å². The zero-order chi connectivity index (χ0) is 14.8. The Bertz CT molecular complexity index is 497. The fourth-order valence-electron chi connectivity index (χ4n) is 2.56. The van der Waals surface area contributed by atoms with Crippen molar-refractivity contribution in [3.05, 3.63) is 28.2 Å². The zero-order valence-electron chi connectivity index (χ0n) is 11.7. The first-order valence-electron chi connectivity index (χ1n) is 6.95. The van der Waals surface area contributed by atoms with E-state index in [4.69, 9.17) is 5.73 Å². The number of carbonyl (C=O) groups excluding carboxylic acids is 1. The van der Waals surface area contributed by atoms with E-state index in [0.29, 0.717) is 17.2 Å². The summed E-state index contributed by atoms with van der Waals surface area (Å²) in [6.45, 7) is 2.48. The Morgan fingerprint density at radius 1 is 1.50 bits per heavy atom. The Morgan fingerprint density at radius 2 is 2.15 bits per heavy atom. The molecule has 4 nitrogen and oxygen atoms in total. The molecule has 4 N–H and O–H groups in total. The van der Waals surface area contributed by atoms with Crippen molar-refractivity contribution < 1.29 is 9.90 Å². The highest BCUT2D eigenvalue weighted by atomic mass is 79.9. The smallest absolute Gasteiger partial charge is 0.253 e. The van der Waals surface area contributed by atoms with E-state index in [1.54, 1.807) is 18.2 Å². The zero-order valence-corrected chi connectivity index (χ0v) is 13.2. The Kier molecular flexibility index (Phi) is 4.70. The van der Waals surface area contributed by atoms with Crippen molar-refractivity contribution in [2.45, 2.75) is 38.2 Å². The minimum absolute atomic E-state index is 0.234. The fourth-order valence-corrected chi connectivity index (χ4v) is 2.94. The van der Waals surface area contributed by atoms with E-state index < -0.39 is 5.60 Å². The molecule has 0 radical (unpaired) electrons. The summed E-state index contributed by atoms with van der Waals surface area (Å²) >= 11 is 3.31. The molecule has 0 bridgehead atoms. The predicted molar refractivity (Wildman–Crippen MR) is 83.5 cm³/mol. The number of hydrogen-bond acceptors (Lipinski definition) is 3. The minimum atomic E-state index is -0.772. The first-order chi connectivity index (χ1) is 9.39. The topological polar surface area (TPSA) is 75.3 Å². The number of hydrogen-bond donors (Lipinski definition) is 3. The molecule has 0 heterocycles. The molecule has 1 aromatic carbocycles. The lowest BCUT2D eigenvalue weighted by molar-refractivity contribution is -0.00539. The number of halogens is 1. The molecule has 2 rings (SSSR count). The average molecular weight is 341 g/mol. The van der Waals surface area contributed by atoms with E-state index in [0.717, 1.165) is 30.2 Å². The maximum atomic E-state index is 12.1. The second kappa shape index (κ2) is 6.14. The van der Waals surface area contributed by atoms with Gasteiger partial charge in [-0.2, -0.15) is 0 Å². The standard InChI is InChI=1S/C15H21BrN2O2/c1-10-4-6-15(20,7-5-10)9-18-14(19)12-3-2-11(16)8-13(12)17/h2-3,8,10,20H,4-7,9,17H2,1H3,(H,18,19). The van der Waals surface area contributed by atoms with E-state index >= 15 is 0 Å². The van der Waals surface area contributed by atoms with Crippen LogP contribution in [0.3, 0.4) is 0 Å². The van der Waals surface area contributed by atoms with Gasteiger partial charge >= 0.3 is 0 Å². The average Bonchev–Trinajstić information content (AvgIpc) is 2.40. The molecule has 0 spiro atoms. The Labute approximate surface area is 127 Å². The lowest BCUT2D eigenvalue weighted by Crippen LogP contribution is -2.45. The van der Waals surface area contributed by atoms with Gasteiger partial charge in [-0.05, 0) is 49.8 Å². The summed E-state index contributed by atoms with van der Waals surface area (Å²) in [7, 11) is 0. The third kappa shape index (κ3) is 3.73. The van der Waals surface area contributed by atoms with E-state index in [2.05, 4.69) is 28.2 Å². The third-order valence-corrected chi connectivity index (χ3v) is 4.53. The molecule has 20 heavy (non-hydrogen) atoms. The lowest BCUT2D eigenvalue weighted by Gasteiger charge is -2.35. The fraction of sp³-hybridized carbons (Fsp3) is 0.533. The predicted octanol–water partition coefficient (Wildman–Crippen LogP) is 2.70. The van der Waals surface area contributed by atoms with Crippen molar-refractivity contribution in [1.82, 2.24) is 5.32 Å². The summed E-state index contributed by atoms with van der Waals surface area (Å²) < 4.78 is 0.839. The largest absolute Gasteiger partial charge is 0.398 e. The monoisotopic (exact) mass is 340 g/mol. The molecule has 1 amide bonds. The van der Waals surface area contributed by atoms with Gasteiger partial charge in [0.1, 0.15) is 0 Å². The molecule has 1 aliphatic carbocycles. The number of nitrogens with two attached hydrogens (primary N) is 1. The van der Waals surface area contributed by atoms with Crippen LogP contribution in [0.2, 0.25) is 0 Å². The van der Waals surface area contributed by atoms with Gasteiger partial charge in [-0.1, -0.05) is 22.9 Å². The van der Waals surface area contributed by atoms with Gasteiger partial charge in [-0.25, -0.2) is 0 Å². The van der Waals surface area contributed by atoms with Crippen molar-refractivity contribution >= 4 is 27.5 Å². The van der Waals surface area contributed by atoms with Gasteiger partial charge in [0.05, 0.1) is 11.2 Å². The second-order valence-electron chi connectivity index (χ2n) is 5.82. The molecule has 1 aromatic rings. The van der Waals surface area contributed by atoms with Crippen LogP contribution in [0.15, 0.2) is 22.7 Å². The number of anilines is 1. The lowest BCUT2D eigenvalue weighted by atomic mass is 9.79. The summed E-state index contributed by atoms with van der Waals surface area (Å²) in [6, 6.07) is 5.16. The molecule has 1 aliphatic rings. The van der Waals surface area contributed by atoms with Crippen molar-refractivity contribution in [2.75, 3.05) is 12.3 Å². The molecule has 1 fully saturated rings. The molecule has 110 valence electrons. The number of amides is 1. The summed E-state index contributed by atoms with van der Waals surface area (Å²) in [5, 5.41) is 13.2. The molecule has 5 heteroatoms.